The summed E-state index contributed by atoms with van der Waals surface area (Å²) < 4.78 is 27.1. The number of carbonyl (C=O) groups excluding carboxylic acids is 2. The van der Waals surface area contributed by atoms with Gasteiger partial charge >= 0.3 is 0 Å². The Labute approximate surface area is 129 Å². The maximum absolute atomic E-state index is 12.3. The van der Waals surface area contributed by atoms with Crippen LogP contribution in [0.5, 0.6) is 0 Å². The van der Waals surface area contributed by atoms with Gasteiger partial charge in [-0.1, -0.05) is 6.92 Å². The van der Waals surface area contributed by atoms with E-state index in [1.165, 1.54) is 25.1 Å². The van der Waals surface area contributed by atoms with Gasteiger partial charge in [0.25, 0.3) is 0 Å². The van der Waals surface area contributed by atoms with Gasteiger partial charge in [-0.25, -0.2) is 13.1 Å². The van der Waals surface area contributed by atoms with Crippen LogP contribution in [-0.4, -0.2) is 26.3 Å². The van der Waals surface area contributed by atoms with Gasteiger partial charge in [-0.05, 0) is 38.5 Å². The van der Waals surface area contributed by atoms with Gasteiger partial charge in [0.2, 0.25) is 21.8 Å². The Morgan fingerprint density at radius 1 is 1.18 bits per heavy atom. The summed E-state index contributed by atoms with van der Waals surface area (Å²) in [5.41, 5.74) is 0.653. The van der Waals surface area contributed by atoms with Crippen LogP contribution in [0.2, 0.25) is 0 Å². The molecule has 0 saturated heterocycles. The molecule has 0 spiro atoms. The molecule has 0 aliphatic carbocycles. The van der Waals surface area contributed by atoms with Crippen LogP contribution >= 0.6 is 0 Å². The lowest BCUT2D eigenvalue weighted by Gasteiger charge is -2.14. The molecule has 2 atom stereocenters. The topological polar surface area (TPSA) is 104 Å². The van der Waals surface area contributed by atoms with Gasteiger partial charge < -0.3 is 10.6 Å². The van der Waals surface area contributed by atoms with Crippen molar-refractivity contribution in [2.45, 2.75) is 38.1 Å². The van der Waals surface area contributed by atoms with Crippen molar-refractivity contribution in [1.82, 2.24) is 4.72 Å². The van der Waals surface area contributed by atoms with Crippen molar-refractivity contribution >= 4 is 33.2 Å². The zero-order valence-electron chi connectivity index (χ0n) is 12.6. The number of sulfonamides is 1. The van der Waals surface area contributed by atoms with Crippen molar-refractivity contribution < 1.29 is 18.0 Å². The standard InChI is InChI=1S/C14H19N3O4S/c1-4-8(2)17-22(20,21)10-5-6-11-12(7-10)16-14(19)9(3)13(18)15-11/h5-9,17H,4H2,1-3H3,(H,15,18)(H,16,19). The Kier molecular flexibility index (Phi) is 4.52. The van der Waals surface area contributed by atoms with Gasteiger partial charge in [0.1, 0.15) is 5.92 Å². The molecule has 22 heavy (non-hydrogen) atoms. The molecule has 2 rings (SSSR count). The molecule has 2 unspecified atom stereocenters. The van der Waals surface area contributed by atoms with Gasteiger partial charge in [-0.3, -0.25) is 9.59 Å². The lowest BCUT2D eigenvalue weighted by atomic mass is 10.1. The van der Waals surface area contributed by atoms with E-state index >= 15 is 0 Å². The highest BCUT2D eigenvalue weighted by Gasteiger charge is 2.28. The number of amides is 2. The van der Waals surface area contributed by atoms with Crippen LogP contribution < -0.4 is 15.4 Å². The van der Waals surface area contributed by atoms with E-state index in [1.807, 2.05) is 6.92 Å². The van der Waals surface area contributed by atoms with Gasteiger partial charge in [-0.2, -0.15) is 0 Å². The monoisotopic (exact) mass is 325 g/mol. The minimum atomic E-state index is -3.68. The molecule has 0 fully saturated rings. The maximum Gasteiger partial charge on any atom is 0.240 e. The molecule has 8 heteroatoms. The van der Waals surface area contributed by atoms with E-state index in [1.54, 1.807) is 6.92 Å². The second-order valence-corrected chi connectivity index (χ2v) is 7.05. The summed E-state index contributed by atoms with van der Waals surface area (Å²) in [5.74, 6) is -1.74. The van der Waals surface area contributed by atoms with Crippen molar-refractivity contribution in [3.05, 3.63) is 18.2 Å². The van der Waals surface area contributed by atoms with Gasteiger partial charge in [0.15, 0.2) is 0 Å². The molecular weight excluding hydrogens is 306 g/mol. The normalized spacial score (nSPS) is 19.7. The quantitative estimate of drug-likeness (QED) is 0.726. The molecule has 120 valence electrons. The predicted octanol–water partition coefficient (Wildman–Crippen LogP) is 1.29. The van der Waals surface area contributed by atoms with Crippen LogP contribution in [0.3, 0.4) is 0 Å². The number of rotatable bonds is 4. The van der Waals surface area contributed by atoms with E-state index in [4.69, 9.17) is 0 Å². The summed E-state index contributed by atoms with van der Waals surface area (Å²) in [7, 11) is -3.68. The molecule has 2 amide bonds. The number of hydrogen-bond donors (Lipinski definition) is 3. The van der Waals surface area contributed by atoms with Gasteiger partial charge in [-0.15, -0.1) is 0 Å². The summed E-state index contributed by atoms with van der Waals surface area (Å²) in [4.78, 5) is 23.6. The van der Waals surface area contributed by atoms with E-state index in [9.17, 15) is 18.0 Å². The molecule has 0 aromatic heterocycles. The minimum absolute atomic E-state index is 0.0376. The van der Waals surface area contributed by atoms with Gasteiger partial charge in [0, 0.05) is 6.04 Å². The molecule has 0 bridgehead atoms. The highest BCUT2D eigenvalue weighted by Crippen LogP contribution is 2.28. The zero-order valence-corrected chi connectivity index (χ0v) is 13.5. The molecule has 1 aromatic rings. The second-order valence-electron chi connectivity index (χ2n) is 5.34. The van der Waals surface area contributed by atoms with Crippen LogP contribution in [0.15, 0.2) is 23.1 Å². The van der Waals surface area contributed by atoms with E-state index in [-0.39, 0.29) is 16.6 Å². The van der Waals surface area contributed by atoms with Crippen molar-refractivity contribution in [3.63, 3.8) is 0 Å². The zero-order chi connectivity index (χ0) is 16.5. The van der Waals surface area contributed by atoms with E-state index in [2.05, 4.69) is 15.4 Å². The molecule has 1 heterocycles. The smallest absolute Gasteiger partial charge is 0.240 e. The Morgan fingerprint density at radius 2 is 1.77 bits per heavy atom. The highest BCUT2D eigenvalue weighted by atomic mass is 32.2. The van der Waals surface area contributed by atoms with Crippen LogP contribution in [0.1, 0.15) is 27.2 Å². The number of benzene rings is 1. The third-order valence-electron chi connectivity index (χ3n) is 3.57. The average molecular weight is 325 g/mol. The van der Waals surface area contributed by atoms with Gasteiger partial charge in [0.05, 0.1) is 16.3 Å². The number of fused-ring (bicyclic) bond motifs is 1. The molecule has 1 aliphatic rings. The Bertz CT molecular complexity index is 715. The summed E-state index contributed by atoms with van der Waals surface area (Å²) in [6, 6.07) is 4.01. The number of hydrogen-bond acceptors (Lipinski definition) is 4. The lowest BCUT2D eigenvalue weighted by molar-refractivity contribution is -0.128. The first kappa shape index (κ1) is 16.4. The third kappa shape index (κ3) is 3.28. The highest BCUT2D eigenvalue weighted by molar-refractivity contribution is 7.89. The SMILES string of the molecule is CCC(C)NS(=O)(=O)c1ccc2c(c1)NC(=O)C(C)C(=O)N2. The average Bonchev–Trinajstić information content (AvgIpc) is 2.56. The fraction of sp³-hybridized carbons (Fsp3) is 0.429. The molecule has 1 aromatic carbocycles. The van der Waals surface area contributed by atoms with Crippen molar-refractivity contribution in [2.75, 3.05) is 10.6 Å². The number of carbonyl (C=O) groups is 2. The van der Waals surface area contributed by atoms with Crippen LogP contribution in [-0.2, 0) is 19.6 Å². The minimum Gasteiger partial charge on any atom is -0.324 e. The van der Waals surface area contributed by atoms with E-state index in [0.29, 0.717) is 12.1 Å². The molecule has 0 saturated carbocycles. The van der Waals surface area contributed by atoms with Crippen molar-refractivity contribution in [3.8, 4) is 0 Å². The van der Waals surface area contributed by atoms with Crippen LogP contribution in [0.25, 0.3) is 0 Å². The summed E-state index contributed by atoms with van der Waals surface area (Å²) in [6.45, 7) is 5.13. The fourth-order valence-electron chi connectivity index (χ4n) is 1.92. The Morgan fingerprint density at radius 3 is 2.36 bits per heavy atom. The largest absolute Gasteiger partial charge is 0.324 e. The number of anilines is 2. The first-order valence-electron chi connectivity index (χ1n) is 7.02. The maximum atomic E-state index is 12.3. The molecule has 7 nitrogen and oxygen atoms in total. The lowest BCUT2D eigenvalue weighted by Crippen LogP contribution is -2.32. The van der Waals surface area contributed by atoms with Crippen LogP contribution in [0.4, 0.5) is 11.4 Å². The Hall–Kier alpha value is -1.93. The summed E-state index contributed by atoms with van der Waals surface area (Å²) in [6.07, 6.45) is 0.661. The molecular formula is C14H19N3O4S. The second kappa shape index (κ2) is 6.05. The third-order valence-corrected chi connectivity index (χ3v) is 5.16. The summed E-state index contributed by atoms with van der Waals surface area (Å²) >= 11 is 0. The molecule has 1 aliphatic heterocycles. The first-order valence-corrected chi connectivity index (χ1v) is 8.51. The molecule has 3 N–H and O–H groups in total. The van der Waals surface area contributed by atoms with E-state index in [0.717, 1.165) is 0 Å². The molecule has 0 radical (unpaired) electrons. The predicted molar refractivity (Wildman–Crippen MR) is 82.9 cm³/mol. The van der Waals surface area contributed by atoms with Crippen molar-refractivity contribution in [1.29, 1.82) is 0 Å². The fourth-order valence-corrected chi connectivity index (χ4v) is 3.27. The first-order chi connectivity index (χ1) is 10.2. The number of nitrogens with one attached hydrogen (secondary N) is 3. The van der Waals surface area contributed by atoms with Crippen LogP contribution in [0, 0.1) is 5.92 Å². The Balaban J connectivity index is 2.38. The van der Waals surface area contributed by atoms with E-state index < -0.39 is 27.8 Å². The summed E-state index contributed by atoms with van der Waals surface area (Å²) in [5, 5.41) is 5.16. The van der Waals surface area contributed by atoms with Crippen molar-refractivity contribution in [2.24, 2.45) is 5.92 Å².